The zero-order chi connectivity index (χ0) is 13.2. The van der Waals surface area contributed by atoms with Crippen LogP contribution in [-0.2, 0) is 10.0 Å². The van der Waals surface area contributed by atoms with Crippen LogP contribution < -0.4 is 5.73 Å². The molecule has 0 heterocycles. The molecule has 0 saturated heterocycles. The normalized spacial score (nSPS) is 14.0. The number of rotatable bonds is 4. The second kappa shape index (κ2) is 5.54. The lowest BCUT2D eigenvalue weighted by atomic mass is 10.4. The lowest BCUT2D eigenvalue weighted by Gasteiger charge is -2.23. The van der Waals surface area contributed by atoms with E-state index in [1.807, 2.05) is 0 Å². The first kappa shape index (κ1) is 14.7. The van der Waals surface area contributed by atoms with Gasteiger partial charge in [0.1, 0.15) is 0 Å². The van der Waals surface area contributed by atoms with Crippen LogP contribution in [0.1, 0.15) is 6.92 Å². The van der Waals surface area contributed by atoms with Gasteiger partial charge in [-0.2, -0.15) is 4.31 Å². The standard InChI is InChI=1S/C10H14Cl2N2O2S/c1-7(6-13)14(2)17(15,16)8-3-4-9(11)10(12)5-8/h3-5,7H,6,13H2,1-2H3. The molecule has 0 spiro atoms. The summed E-state index contributed by atoms with van der Waals surface area (Å²) in [6.45, 7) is 1.98. The number of nitrogens with zero attached hydrogens (tertiary/aromatic N) is 1. The number of hydrogen-bond acceptors (Lipinski definition) is 3. The van der Waals surface area contributed by atoms with Crippen LogP contribution in [0.2, 0.25) is 10.0 Å². The van der Waals surface area contributed by atoms with Gasteiger partial charge in [-0.3, -0.25) is 0 Å². The molecular formula is C10H14Cl2N2O2S. The van der Waals surface area contributed by atoms with E-state index in [0.29, 0.717) is 5.02 Å². The minimum atomic E-state index is -3.58. The second-order valence-electron chi connectivity index (χ2n) is 3.68. The van der Waals surface area contributed by atoms with E-state index in [0.717, 1.165) is 0 Å². The third-order valence-electron chi connectivity index (χ3n) is 2.53. The number of sulfonamides is 1. The Morgan fingerprint density at radius 3 is 2.41 bits per heavy atom. The first-order valence-corrected chi connectivity index (χ1v) is 7.13. The van der Waals surface area contributed by atoms with Gasteiger partial charge in [0.15, 0.2) is 0 Å². The van der Waals surface area contributed by atoms with Gasteiger partial charge < -0.3 is 5.73 Å². The van der Waals surface area contributed by atoms with Gasteiger partial charge in [-0.15, -0.1) is 0 Å². The molecule has 0 aliphatic heterocycles. The molecule has 1 rings (SSSR count). The molecule has 4 nitrogen and oxygen atoms in total. The lowest BCUT2D eigenvalue weighted by molar-refractivity contribution is 0.394. The molecule has 1 atom stereocenters. The number of benzene rings is 1. The van der Waals surface area contributed by atoms with Gasteiger partial charge in [0, 0.05) is 19.6 Å². The molecule has 0 aliphatic rings. The summed E-state index contributed by atoms with van der Waals surface area (Å²) in [5.41, 5.74) is 5.45. The quantitative estimate of drug-likeness (QED) is 0.924. The predicted molar refractivity (Wildman–Crippen MR) is 69.9 cm³/mol. The van der Waals surface area contributed by atoms with Crippen molar-refractivity contribution >= 4 is 33.2 Å². The zero-order valence-electron chi connectivity index (χ0n) is 9.52. The summed E-state index contributed by atoms with van der Waals surface area (Å²) in [5, 5.41) is 0.529. The first-order chi connectivity index (χ1) is 7.80. The van der Waals surface area contributed by atoms with Crippen LogP contribution in [0.4, 0.5) is 0 Å². The van der Waals surface area contributed by atoms with Gasteiger partial charge in [-0.1, -0.05) is 23.2 Å². The Kier molecular flexibility index (Phi) is 4.80. The van der Waals surface area contributed by atoms with E-state index < -0.39 is 10.0 Å². The number of halogens is 2. The highest BCUT2D eigenvalue weighted by Crippen LogP contribution is 2.26. The monoisotopic (exact) mass is 296 g/mol. The van der Waals surface area contributed by atoms with Gasteiger partial charge in [0.2, 0.25) is 10.0 Å². The van der Waals surface area contributed by atoms with Crippen LogP contribution in [-0.4, -0.2) is 32.4 Å². The van der Waals surface area contributed by atoms with Gasteiger partial charge in [0.05, 0.1) is 14.9 Å². The van der Waals surface area contributed by atoms with Crippen molar-refractivity contribution in [1.29, 1.82) is 0 Å². The zero-order valence-corrected chi connectivity index (χ0v) is 11.9. The predicted octanol–water partition coefficient (Wildman–Crippen LogP) is 1.96. The summed E-state index contributed by atoms with van der Waals surface area (Å²) in [6.07, 6.45) is 0. The minimum Gasteiger partial charge on any atom is -0.329 e. The molecule has 1 aromatic carbocycles. The highest BCUT2D eigenvalue weighted by atomic mass is 35.5. The van der Waals surface area contributed by atoms with Crippen molar-refractivity contribution in [2.24, 2.45) is 5.73 Å². The summed E-state index contributed by atoms with van der Waals surface area (Å²) in [4.78, 5) is 0.106. The molecular weight excluding hydrogens is 283 g/mol. The fraction of sp³-hybridized carbons (Fsp3) is 0.400. The second-order valence-corrected chi connectivity index (χ2v) is 6.49. The molecule has 17 heavy (non-hydrogen) atoms. The molecule has 0 bridgehead atoms. The van der Waals surface area contributed by atoms with Crippen LogP contribution in [0, 0.1) is 0 Å². The van der Waals surface area contributed by atoms with Crippen molar-refractivity contribution in [2.45, 2.75) is 17.9 Å². The van der Waals surface area contributed by atoms with Crippen LogP contribution in [0.25, 0.3) is 0 Å². The molecule has 0 radical (unpaired) electrons. The van der Waals surface area contributed by atoms with E-state index in [9.17, 15) is 8.42 Å². The third kappa shape index (κ3) is 3.11. The van der Waals surface area contributed by atoms with Crippen molar-refractivity contribution in [1.82, 2.24) is 4.31 Å². The lowest BCUT2D eigenvalue weighted by Crippen LogP contribution is -2.39. The summed E-state index contributed by atoms with van der Waals surface area (Å²) >= 11 is 11.5. The van der Waals surface area contributed by atoms with Gasteiger partial charge in [-0.25, -0.2) is 8.42 Å². The highest BCUT2D eigenvalue weighted by molar-refractivity contribution is 7.89. The SMILES string of the molecule is CC(CN)N(C)S(=O)(=O)c1ccc(Cl)c(Cl)c1. The van der Waals surface area contributed by atoms with Gasteiger partial charge in [0.25, 0.3) is 0 Å². The van der Waals surface area contributed by atoms with Crippen LogP contribution >= 0.6 is 23.2 Å². The van der Waals surface area contributed by atoms with Crippen molar-refractivity contribution in [3.8, 4) is 0 Å². The molecule has 0 saturated carbocycles. The fourth-order valence-electron chi connectivity index (χ4n) is 1.19. The van der Waals surface area contributed by atoms with E-state index in [4.69, 9.17) is 28.9 Å². The molecule has 2 N–H and O–H groups in total. The molecule has 1 aromatic rings. The number of hydrogen-bond donors (Lipinski definition) is 1. The third-order valence-corrected chi connectivity index (χ3v) is 5.24. The molecule has 0 fully saturated rings. The molecule has 96 valence electrons. The Labute approximate surface area is 111 Å². The van der Waals surface area contributed by atoms with E-state index in [1.54, 1.807) is 6.92 Å². The minimum absolute atomic E-state index is 0.106. The Bertz CT molecular complexity index is 505. The number of nitrogens with two attached hydrogens (primary N) is 1. The van der Waals surface area contributed by atoms with E-state index in [1.165, 1.54) is 29.6 Å². The number of likely N-dealkylation sites (N-methyl/N-ethyl adjacent to an activating group) is 1. The van der Waals surface area contributed by atoms with E-state index in [2.05, 4.69) is 0 Å². The van der Waals surface area contributed by atoms with Crippen LogP contribution in [0.5, 0.6) is 0 Å². The smallest absolute Gasteiger partial charge is 0.243 e. The largest absolute Gasteiger partial charge is 0.329 e. The Hall–Kier alpha value is -0.330. The molecule has 0 aliphatic carbocycles. The fourth-order valence-corrected chi connectivity index (χ4v) is 2.95. The van der Waals surface area contributed by atoms with Crippen LogP contribution in [0.3, 0.4) is 0 Å². The van der Waals surface area contributed by atoms with E-state index >= 15 is 0 Å². The maximum absolute atomic E-state index is 12.2. The Balaban J connectivity index is 3.17. The first-order valence-electron chi connectivity index (χ1n) is 4.94. The summed E-state index contributed by atoms with van der Waals surface area (Å²) in [6, 6.07) is 3.93. The Morgan fingerprint density at radius 2 is 1.94 bits per heavy atom. The van der Waals surface area contributed by atoms with Crippen molar-refractivity contribution in [3.05, 3.63) is 28.2 Å². The highest BCUT2D eigenvalue weighted by Gasteiger charge is 2.25. The maximum atomic E-state index is 12.2. The maximum Gasteiger partial charge on any atom is 0.243 e. The molecule has 0 aromatic heterocycles. The average molecular weight is 297 g/mol. The van der Waals surface area contributed by atoms with Crippen molar-refractivity contribution in [3.63, 3.8) is 0 Å². The van der Waals surface area contributed by atoms with Gasteiger partial charge in [-0.05, 0) is 25.1 Å². The topological polar surface area (TPSA) is 63.4 Å². The molecule has 1 unspecified atom stereocenters. The van der Waals surface area contributed by atoms with Gasteiger partial charge >= 0.3 is 0 Å². The summed E-state index contributed by atoms with van der Waals surface area (Å²) < 4.78 is 25.5. The summed E-state index contributed by atoms with van der Waals surface area (Å²) in [7, 11) is -2.10. The van der Waals surface area contributed by atoms with E-state index in [-0.39, 0.29) is 22.5 Å². The molecule has 7 heteroatoms. The Morgan fingerprint density at radius 1 is 1.35 bits per heavy atom. The van der Waals surface area contributed by atoms with Crippen molar-refractivity contribution in [2.75, 3.05) is 13.6 Å². The van der Waals surface area contributed by atoms with Crippen LogP contribution in [0.15, 0.2) is 23.1 Å². The van der Waals surface area contributed by atoms with Crippen molar-refractivity contribution < 1.29 is 8.42 Å². The molecule has 0 amide bonds. The average Bonchev–Trinajstić information content (AvgIpc) is 2.30. The summed E-state index contributed by atoms with van der Waals surface area (Å²) in [5.74, 6) is 0.